The second-order valence-electron chi connectivity index (χ2n) is 3.38. The van der Waals surface area contributed by atoms with Gasteiger partial charge >= 0.3 is 5.97 Å². The molecule has 13 heavy (non-hydrogen) atoms. The lowest BCUT2D eigenvalue weighted by molar-refractivity contribution is -0.138. The number of rotatable bonds is 4. The van der Waals surface area contributed by atoms with Gasteiger partial charge in [-0.05, 0) is 12.8 Å². The zero-order valence-electron chi connectivity index (χ0n) is 7.82. The minimum absolute atomic E-state index is 0.0649. The summed E-state index contributed by atoms with van der Waals surface area (Å²) in [7, 11) is 0. The molecule has 1 saturated heterocycles. The Morgan fingerprint density at radius 3 is 2.92 bits per heavy atom. The molecule has 0 radical (unpaired) electrons. The van der Waals surface area contributed by atoms with Crippen molar-refractivity contribution in [2.45, 2.75) is 38.6 Å². The van der Waals surface area contributed by atoms with E-state index in [0.717, 1.165) is 6.42 Å². The number of likely N-dealkylation sites (tertiary alicyclic amines) is 1. The summed E-state index contributed by atoms with van der Waals surface area (Å²) in [5.41, 5.74) is 0. The highest BCUT2D eigenvalue weighted by Gasteiger charge is 2.31. The summed E-state index contributed by atoms with van der Waals surface area (Å²) < 4.78 is 0. The van der Waals surface area contributed by atoms with Gasteiger partial charge in [-0.2, -0.15) is 0 Å². The number of carboxylic acid groups (broad SMARTS) is 1. The Labute approximate surface area is 77.5 Å². The number of carbonyl (C=O) groups is 2. The summed E-state index contributed by atoms with van der Waals surface area (Å²) in [5, 5.41) is 8.61. The third kappa shape index (κ3) is 2.44. The van der Waals surface area contributed by atoms with E-state index in [0.29, 0.717) is 19.4 Å². The number of carboxylic acids is 1. The molecule has 1 rings (SSSR count). The molecule has 0 aromatic heterocycles. The molecule has 0 aliphatic carbocycles. The zero-order valence-corrected chi connectivity index (χ0v) is 7.82. The highest BCUT2D eigenvalue weighted by Crippen LogP contribution is 2.21. The molecule has 4 nitrogen and oxygen atoms in total. The van der Waals surface area contributed by atoms with Crippen molar-refractivity contribution < 1.29 is 14.7 Å². The minimum atomic E-state index is -0.819. The van der Waals surface area contributed by atoms with Gasteiger partial charge in [0.1, 0.15) is 0 Å². The van der Waals surface area contributed by atoms with Gasteiger partial charge in [0.25, 0.3) is 0 Å². The largest absolute Gasteiger partial charge is 0.481 e. The van der Waals surface area contributed by atoms with Crippen LogP contribution in [0.5, 0.6) is 0 Å². The van der Waals surface area contributed by atoms with Gasteiger partial charge in [0, 0.05) is 19.0 Å². The summed E-state index contributed by atoms with van der Waals surface area (Å²) >= 11 is 0. The second-order valence-corrected chi connectivity index (χ2v) is 3.38. The highest BCUT2D eigenvalue weighted by molar-refractivity contribution is 5.80. The molecule has 0 aromatic rings. The molecule has 1 heterocycles. The van der Waals surface area contributed by atoms with Crippen molar-refractivity contribution in [3.05, 3.63) is 0 Å². The standard InChI is InChI=1S/C9H15NO3/c1-2-5-10-7(6-9(12)13)3-4-8(10)11/h7H,2-6H2,1H3,(H,12,13). The Hall–Kier alpha value is -1.06. The van der Waals surface area contributed by atoms with E-state index in [2.05, 4.69) is 0 Å². The normalized spacial score (nSPS) is 22.4. The molecule has 4 heteroatoms. The van der Waals surface area contributed by atoms with Crippen molar-refractivity contribution in [1.29, 1.82) is 0 Å². The first-order valence-corrected chi connectivity index (χ1v) is 4.66. The van der Waals surface area contributed by atoms with E-state index in [4.69, 9.17) is 5.11 Å². The number of nitrogens with zero attached hydrogens (tertiary/aromatic N) is 1. The monoisotopic (exact) mass is 185 g/mol. The Morgan fingerprint density at radius 2 is 2.38 bits per heavy atom. The maximum atomic E-state index is 11.3. The van der Waals surface area contributed by atoms with E-state index in [-0.39, 0.29) is 18.4 Å². The van der Waals surface area contributed by atoms with Crippen LogP contribution in [-0.4, -0.2) is 34.5 Å². The van der Waals surface area contributed by atoms with Gasteiger partial charge in [0.05, 0.1) is 6.42 Å². The Balaban J connectivity index is 2.53. The van der Waals surface area contributed by atoms with Gasteiger partial charge in [-0.1, -0.05) is 6.92 Å². The van der Waals surface area contributed by atoms with Crippen molar-refractivity contribution >= 4 is 11.9 Å². The molecule has 1 aliphatic rings. The number of carbonyl (C=O) groups excluding carboxylic acids is 1. The third-order valence-electron chi connectivity index (χ3n) is 2.33. The SMILES string of the molecule is CCCN1C(=O)CCC1CC(=O)O. The van der Waals surface area contributed by atoms with Crippen LogP contribution in [0.1, 0.15) is 32.6 Å². The van der Waals surface area contributed by atoms with E-state index >= 15 is 0 Å². The van der Waals surface area contributed by atoms with Gasteiger partial charge < -0.3 is 10.0 Å². The highest BCUT2D eigenvalue weighted by atomic mass is 16.4. The van der Waals surface area contributed by atoms with Gasteiger partial charge in [0.15, 0.2) is 0 Å². The summed E-state index contributed by atoms with van der Waals surface area (Å²) in [6.07, 6.45) is 2.19. The van der Waals surface area contributed by atoms with Crippen molar-refractivity contribution in [2.24, 2.45) is 0 Å². The van der Waals surface area contributed by atoms with E-state index in [9.17, 15) is 9.59 Å². The van der Waals surface area contributed by atoms with Crippen molar-refractivity contribution in [3.8, 4) is 0 Å². The van der Waals surface area contributed by atoms with Gasteiger partial charge in [0.2, 0.25) is 5.91 Å². The summed E-state index contributed by atoms with van der Waals surface area (Å²) in [5.74, 6) is -0.714. The average molecular weight is 185 g/mol. The minimum Gasteiger partial charge on any atom is -0.481 e. The van der Waals surface area contributed by atoms with Gasteiger partial charge in [-0.3, -0.25) is 9.59 Å². The second kappa shape index (κ2) is 4.25. The van der Waals surface area contributed by atoms with Crippen LogP contribution in [-0.2, 0) is 9.59 Å². The average Bonchev–Trinajstić information content (AvgIpc) is 2.35. The smallest absolute Gasteiger partial charge is 0.305 e. The molecule has 1 atom stereocenters. The lowest BCUT2D eigenvalue weighted by Gasteiger charge is -2.22. The summed E-state index contributed by atoms with van der Waals surface area (Å²) in [6, 6.07) is -0.0649. The lowest BCUT2D eigenvalue weighted by atomic mass is 10.1. The number of amides is 1. The zero-order chi connectivity index (χ0) is 9.84. The predicted molar refractivity (Wildman–Crippen MR) is 47.3 cm³/mol. The number of aliphatic carboxylic acids is 1. The Morgan fingerprint density at radius 1 is 1.69 bits per heavy atom. The van der Waals surface area contributed by atoms with E-state index in [1.807, 2.05) is 6.92 Å². The van der Waals surface area contributed by atoms with Crippen molar-refractivity contribution in [2.75, 3.05) is 6.54 Å². The van der Waals surface area contributed by atoms with E-state index in [1.54, 1.807) is 4.90 Å². The van der Waals surface area contributed by atoms with Crippen LogP contribution in [0.3, 0.4) is 0 Å². The molecule has 0 spiro atoms. The first-order valence-electron chi connectivity index (χ1n) is 4.66. The molecule has 1 unspecified atom stereocenters. The fourth-order valence-corrected chi connectivity index (χ4v) is 1.76. The fourth-order valence-electron chi connectivity index (χ4n) is 1.76. The first-order chi connectivity index (χ1) is 6.15. The molecule has 74 valence electrons. The molecule has 0 aromatic carbocycles. The molecule has 0 bridgehead atoms. The maximum Gasteiger partial charge on any atom is 0.305 e. The summed E-state index contributed by atoms with van der Waals surface area (Å²) in [4.78, 5) is 23.5. The molecule has 1 amide bonds. The molecular formula is C9H15NO3. The van der Waals surface area contributed by atoms with Crippen LogP contribution in [0.15, 0.2) is 0 Å². The van der Waals surface area contributed by atoms with Crippen LogP contribution < -0.4 is 0 Å². The molecule has 1 N–H and O–H groups in total. The molecular weight excluding hydrogens is 170 g/mol. The Bertz CT molecular complexity index is 215. The van der Waals surface area contributed by atoms with Crippen LogP contribution in [0.4, 0.5) is 0 Å². The predicted octanol–water partition coefficient (Wildman–Crippen LogP) is 0.862. The van der Waals surface area contributed by atoms with E-state index < -0.39 is 5.97 Å². The van der Waals surface area contributed by atoms with Gasteiger partial charge in [-0.25, -0.2) is 0 Å². The van der Waals surface area contributed by atoms with Crippen LogP contribution in [0, 0.1) is 0 Å². The number of hydrogen-bond acceptors (Lipinski definition) is 2. The fraction of sp³-hybridized carbons (Fsp3) is 0.778. The van der Waals surface area contributed by atoms with Gasteiger partial charge in [-0.15, -0.1) is 0 Å². The van der Waals surface area contributed by atoms with Crippen LogP contribution in [0.2, 0.25) is 0 Å². The topological polar surface area (TPSA) is 57.6 Å². The first kappa shape index (κ1) is 10.0. The maximum absolute atomic E-state index is 11.3. The quantitative estimate of drug-likeness (QED) is 0.706. The van der Waals surface area contributed by atoms with Crippen LogP contribution >= 0.6 is 0 Å². The molecule has 1 aliphatic heterocycles. The molecule has 0 saturated carbocycles. The Kier molecular flexibility index (Phi) is 3.28. The van der Waals surface area contributed by atoms with Crippen molar-refractivity contribution in [3.63, 3.8) is 0 Å². The third-order valence-corrected chi connectivity index (χ3v) is 2.33. The molecule has 1 fully saturated rings. The van der Waals surface area contributed by atoms with Crippen molar-refractivity contribution in [1.82, 2.24) is 4.90 Å². The summed E-state index contributed by atoms with van der Waals surface area (Å²) in [6.45, 7) is 2.68. The van der Waals surface area contributed by atoms with Crippen LogP contribution in [0.25, 0.3) is 0 Å². The lowest BCUT2D eigenvalue weighted by Crippen LogP contribution is -2.35. The number of hydrogen-bond donors (Lipinski definition) is 1. The van der Waals surface area contributed by atoms with E-state index in [1.165, 1.54) is 0 Å².